The monoisotopic (exact) mass is 771 g/mol. The van der Waals surface area contributed by atoms with Gasteiger partial charge in [0.05, 0.1) is 40.2 Å². The maximum atomic E-state index is 14.1. The SMILES string of the molecule is CNC(=O)c1ccccc1Nc1cc(Nc2cc(C)c(N3CCC(N(C)Cc4ccc(C5CCC(=O)NC5=O)cc4)CC3)cc2OC(C)C)ncc1C(F)(F)F. The molecule has 2 saturated heterocycles. The molecule has 296 valence electrons. The van der Waals surface area contributed by atoms with Crippen molar-refractivity contribution in [2.45, 2.75) is 77.2 Å². The number of rotatable bonds is 12. The first kappa shape index (κ1) is 40.0. The van der Waals surface area contributed by atoms with Crippen LogP contribution in [-0.2, 0) is 22.3 Å². The summed E-state index contributed by atoms with van der Waals surface area (Å²) in [5.41, 5.74) is 3.80. The van der Waals surface area contributed by atoms with Gasteiger partial charge in [-0.15, -0.1) is 0 Å². The Kier molecular flexibility index (Phi) is 12.2. The molecule has 56 heavy (non-hydrogen) atoms. The number of hydrogen-bond donors (Lipinski definition) is 4. The maximum Gasteiger partial charge on any atom is 0.419 e. The number of para-hydroxylation sites is 1. The molecule has 2 aliphatic rings. The molecule has 0 spiro atoms. The van der Waals surface area contributed by atoms with Gasteiger partial charge in [-0.2, -0.15) is 13.2 Å². The lowest BCUT2D eigenvalue weighted by molar-refractivity contribution is -0.137. The zero-order valence-corrected chi connectivity index (χ0v) is 32.2. The van der Waals surface area contributed by atoms with Gasteiger partial charge in [0.1, 0.15) is 11.6 Å². The van der Waals surface area contributed by atoms with E-state index >= 15 is 0 Å². The first-order chi connectivity index (χ1) is 26.7. The van der Waals surface area contributed by atoms with Crippen molar-refractivity contribution in [3.63, 3.8) is 0 Å². The van der Waals surface area contributed by atoms with Gasteiger partial charge in [-0.05, 0) is 82.0 Å². The fraction of sp³-hybridized carbons (Fsp3) is 0.381. The highest BCUT2D eigenvalue weighted by molar-refractivity contribution is 6.01. The van der Waals surface area contributed by atoms with E-state index in [0.717, 1.165) is 61.1 Å². The van der Waals surface area contributed by atoms with Crippen LogP contribution in [0.15, 0.2) is 72.9 Å². The Morgan fingerprint density at radius 1 is 0.982 bits per heavy atom. The molecule has 2 fully saturated rings. The minimum atomic E-state index is -4.70. The van der Waals surface area contributed by atoms with Gasteiger partial charge in [-0.3, -0.25) is 24.6 Å². The van der Waals surface area contributed by atoms with Gasteiger partial charge in [-0.25, -0.2) is 4.98 Å². The van der Waals surface area contributed by atoms with Crippen LogP contribution in [0, 0.1) is 6.92 Å². The molecule has 4 N–H and O–H groups in total. The summed E-state index contributed by atoms with van der Waals surface area (Å²) in [6.07, 6.45) is -1.34. The van der Waals surface area contributed by atoms with Crippen LogP contribution in [0.5, 0.6) is 5.75 Å². The van der Waals surface area contributed by atoms with E-state index in [-0.39, 0.29) is 46.6 Å². The summed E-state index contributed by atoms with van der Waals surface area (Å²) in [4.78, 5) is 45.1. The van der Waals surface area contributed by atoms with Crippen LogP contribution in [-0.4, -0.2) is 66.9 Å². The second-order valence-corrected chi connectivity index (χ2v) is 14.7. The zero-order chi connectivity index (χ0) is 40.1. The zero-order valence-electron chi connectivity index (χ0n) is 32.2. The number of nitrogens with one attached hydrogen (secondary N) is 4. The van der Waals surface area contributed by atoms with E-state index < -0.39 is 17.6 Å². The van der Waals surface area contributed by atoms with Gasteiger partial charge < -0.3 is 25.6 Å². The second kappa shape index (κ2) is 17.0. The van der Waals surface area contributed by atoms with Crippen molar-refractivity contribution >= 4 is 46.3 Å². The summed E-state index contributed by atoms with van der Waals surface area (Å²) >= 11 is 0. The van der Waals surface area contributed by atoms with E-state index in [4.69, 9.17) is 4.74 Å². The molecule has 6 rings (SSSR count). The number of pyridine rings is 1. The maximum absolute atomic E-state index is 14.1. The first-order valence-electron chi connectivity index (χ1n) is 18.8. The molecule has 1 unspecified atom stereocenters. The highest BCUT2D eigenvalue weighted by Gasteiger charge is 2.35. The van der Waals surface area contributed by atoms with Crippen LogP contribution in [0.3, 0.4) is 0 Å². The molecule has 3 aromatic carbocycles. The Morgan fingerprint density at radius 3 is 2.36 bits per heavy atom. The van der Waals surface area contributed by atoms with E-state index in [1.54, 1.807) is 18.2 Å². The largest absolute Gasteiger partial charge is 0.489 e. The third-order valence-corrected chi connectivity index (χ3v) is 10.3. The number of ether oxygens (including phenoxy) is 1. The lowest BCUT2D eigenvalue weighted by atomic mass is 9.90. The molecule has 0 saturated carbocycles. The number of nitrogens with zero attached hydrogens (tertiary/aromatic N) is 3. The number of carbonyl (C=O) groups excluding carboxylic acids is 3. The summed E-state index contributed by atoms with van der Waals surface area (Å²) < 4.78 is 48.7. The number of benzene rings is 3. The summed E-state index contributed by atoms with van der Waals surface area (Å²) in [5.74, 6) is -0.484. The Hall–Kier alpha value is -5.63. The predicted octanol–water partition coefficient (Wildman–Crippen LogP) is 7.66. The fourth-order valence-electron chi connectivity index (χ4n) is 7.36. The molecule has 1 aromatic heterocycles. The Morgan fingerprint density at radius 2 is 1.70 bits per heavy atom. The van der Waals surface area contributed by atoms with E-state index in [9.17, 15) is 27.6 Å². The fourth-order valence-corrected chi connectivity index (χ4v) is 7.36. The van der Waals surface area contributed by atoms with Crippen LogP contribution in [0.1, 0.15) is 78.1 Å². The summed E-state index contributed by atoms with van der Waals surface area (Å²) in [6, 6.07) is 20.0. The molecule has 11 nitrogen and oxygen atoms in total. The third-order valence-electron chi connectivity index (χ3n) is 10.3. The van der Waals surface area contributed by atoms with Crippen LogP contribution in [0.2, 0.25) is 0 Å². The number of halogens is 3. The molecule has 3 amide bonds. The molecule has 0 aliphatic carbocycles. The normalized spacial score (nSPS) is 16.5. The van der Waals surface area contributed by atoms with Crippen molar-refractivity contribution in [1.82, 2.24) is 20.5 Å². The average molecular weight is 772 g/mol. The number of amides is 3. The Balaban J connectivity index is 1.15. The Bertz CT molecular complexity index is 2060. The van der Waals surface area contributed by atoms with Gasteiger partial charge in [0.15, 0.2) is 0 Å². The van der Waals surface area contributed by atoms with E-state index in [0.29, 0.717) is 30.3 Å². The van der Waals surface area contributed by atoms with E-state index in [1.165, 1.54) is 19.2 Å². The summed E-state index contributed by atoms with van der Waals surface area (Å²) in [6.45, 7) is 8.24. The summed E-state index contributed by atoms with van der Waals surface area (Å²) in [5, 5.41) is 11.0. The van der Waals surface area contributed by atoms with E-state index in [2.05, 4.69) is 55.2 Å². The van der Waals surface area contributed by atoms with Crippen molar-refractivity contribution < 1.29 is 32.3 Å². The molecule has 3 heterocycles. The minimum Gasteiger partial charge on any atom is -0.489 e. The Labute approximate surface area is 325 Å². The highest BCUT2D eigenvalue weighted by atomic mass is 19.4. The number of alkyl halides is 3. The number of hydrogen-bond acceptors (Lipinski definition) is 9. The molecule has 0 radical (unpaired) electrons. The summed E-state index contributed by atoms with van der Waals surface area (Å²) in [7, 11) is 3.59. The van der Waals surface area contributed by atoms with Crippen molar-refractivity contribution in [3.05, 3.63) is 101 Å². The predicted molar refractivity (Wildman–Crippen MR) is 211 cm³/mol. The van der Waals surface area contributed by atoms with Crippen molar-refractivity contribution in [1.29, 1.82) is 0 Å². The molecule has 14 heteroatoms. The van der Waals surface area contributed by atoms with Crippen LogP contribution < -0.4 is 30.9 Å². The van der Waals surface area contributed by atoms with Gasteiger partial charge in [0.2, 0.25) is 11.8 Å². The van der Waals surface area contributed by atoms with Gasteiger partial charge in [-0.1, -0.05) is 36.4 Å². The van der Waals surface area contributed by atoms with Crippen LogP contribution >= 0.6 is 0 Å². The number of piperidine rings is 2. The average Bonchev–Trinajstić information content (AvgIpc) is 3.16. The standard InChI is InChI=1S/C42H48F3N7O4/c1-25(2)56-37-22-36(52-18-16-29(17-19-52)51(5)24-27-10-12-28(13-11-27)30-14-15-39(53)50-41(30)55)26(3)20-35(37)49-38-21-34(32(23-47-38)42(43,44)45)48-33-9-7-6-8-31(33)40(54)46-4/h6-13,20-23,25,29-30H,14-19,24H2,1-5H3,(H,46,54)(H2,47,48,49)(H,50,53,55). The quantitative estimate of drug-likeness (QED) is 0.107. The topological polar surface area (TPSA) is 128 Å². The molecular weight excluding hydrogens is 724 g/mol. The molecule has 0 bridgehead atoms. The minimum absolute atomic E-state index is 0.160. The van der Waals surface area contributed by atoms with Crippen molar-refractivity contribution in [3.8, 4) is 5.75 Å². The first-order valence-corrected chi connectivity index (χ1v) is 18.8. The van der Waals surface area contributed by atoms with Gasteiger partial charge in [0, 0.05) is 63.2 Å². The molecular formula is C42H48F3N7O4. The number of anilines is 5. The van der Waals surface area contributed by atoms with Gasteiger partial charge in [0.25, 0.3) is 5.91 Å². The van der Waals surface area contributed by atoms with Crippen LogP contribution in [0.25, 0.3) is 0 Å². The molecule has 2 aliphatic heterocycles. The number of aromatic nitrogens is 1. The number of aryl methyl sites for hydroxylation is 1. The third kappa shape index (κ3) is 9.41. The van der Waals surface area contributed by atoms with Crippen LogP contribution in [0.4, 0.5) is 41.7 Å². The van der Waals surface area contributed by atoms with Crippen molar-refractivity contribution in [2.75, 3.05) is 42.7 Å². The molecule has 1 atom stereocenters. The van der Waals surface area contributed by atoms with Crippen molar-refractivity contribution in [2.24, 2.45) is 0 Å². The molecule has 4 aromatic rings. The highest BCUT2D eigenvalue weighted by Crippen LogP contribution is 2.40. The number of imide groups is 1. The second-order valence-electron chi connectivity index (χ2n) is 14.7. The lowest BCUT2D eigenvalue weighted by Crippen LogP contribution is -2.43. The number of carbonyl (C=O) groups is 3. The smallest absolute Gasteiger partial charge is 0.419 e. The van der Waals surface area contributed by atoms with E-state index in [1.807, 2.05) is 45.0 Å². The lowest BCUT2D eigenvalue weighted by Gasteiger charge is -2.38. The van der Waals surface area contributed by atoms with Gasteiger partial charge >= 0.3 is 6.18 Å².